The molecule has 1 aliphatic heterocycles. The van der Waals surface area contributed by atoms with E-state index in [0.29, 0.717) is 6.04 Å². The molecule has 2 atom stereocenters. The number of ether oxygens (including phenoxy) is 1. The molecule has 0 saturated carbocycles. The zero-order chi connectivity index (χ0) is 13.7. The second-order valence-corrected chi connectivity index (χ2v) is 5.74. The van der Waals surface area contributed by atoms with Crippen LogP contribution < -0.4 is 5.32 Å². The number of nitrogens with zero attached hydrogens (tertiary/aromatic N) is 1. The fourth-order valence-corrected chi connectivity index (χ4v) is 2.82. The molecule has 2 unspecified atom stereocenters. The van der Waals surface area contributed by atoms with E-state index >= 15 is 0 Å². The van der Waals surface area contributed by atoms with E-state index in [2.05, 4.69) is 37.1 Å². The normalized spacial score (nSPS) is 24.6. The van der Waals surface area contributed by atoms with Crippen molar-refractivity contribution in [2.45, 2.75) is 58.1 Å². The van der Waals surface area contributed by atoms with Gasteiger partial charge >= 0.3 is 0 Å². The van der Waals surface area contributed by atoms with Crippen molar-refractivity contribution < 1.29 is 4.74 Å². The number of hydrogen-bond acceptors (Lipinski definition) is 3. The number of nitrogens with one attached hydrogen (secondary N) is 1. The molecule has 106 valence electrons. The molecule has 19 heavy (non-hydrogen) atoms. The molecule has 1 aromatic heterocycles. The Bertz CT molecular complexity index is 399. The van der Waals surface area contributed by atoms with Crippen molar-refractivity contribution in [1.82, 2.24) is 10.3 Å². The first kappa shape index (κ1) is 14.5. The molecular weight excluding hydrogens is 236 g/mol. The van der Waals surface area contributed by atoms with Crippen molar-refractivity contribution in [3.8, 4) is 0 Å². The fraction of sp³-hybridized carbons (Fsp3) is 0.688. The molecule has 3 nitrogen and oxygen atoms in total. The van der Waals surface area contributed by atoms with Crippen LogP contribution in [0.3, 0.4) is 0 Å². The minimum atomic E-state index is -0.0425. The Balaban J connectivity index is 2.11. The van der Waals surface area contributed by atoms with Gasteiger partial charge in [0.15, 0.2) is 0 Å². The lowest BCUT2D eigenvalue weighted by atomic mass is 9.88. The highest BCUT2D eigenvalue weighted by Gasteiger charge is 2.38. The van der Waals surface area contributed by atoms with Crippen LogP contribution in [-0.4, -0.2) is 29.8 Å². The number of rotatable bonds is 6. The summed E-state index contributed by atoms with van der Waals surface area (Å²) >= 11 is 0. The fourth-order valence-electron chi connectivity index (χ4n) is 2.82. The molecule has 0 aliphatic carbocycles. The van der Waals surface area contributed by atoms with E-state index in [-0.39, 0.29) is 5.60 Å². The van der Waals surface area contributed by atoms with E-state index in [9.17, 15) is 0 Å². The molecule has 3 heteroatoms. The van der Waals surface area contributed by atoms with Crippen molar-refractivity contribution >= 4 is 0 Å². The Morgan fingerprint density at radius 2 is 2.37 bits per heavy atom. The molecule has 0 radical (unpaired) electrons. The molecule has 1 N–H and O–H groups in total. The van der Waals surface area contributed by atoms with Gasteiger partial charge in [0, 0.05) is 31.0 Å². The second-order valence-electron chi connectivity index (χ2n) is 5.74. The Labute approximate surface area is 116 Å². The van der Waals surface area contributed by atoms with E-state index in [1.54, 1.807) is 0 Å². The minimum absolute atomic E-state index is 0.0425. The summed E-state index contributed by atoms with van der Waals surface area (Å²) in [6.45, 7) is 8.51. The van der Waals surface area contributed by atoms with E-state index in [1.807, 2.05) is 12.3 Å². The van der Waals surface area contributed by atoms with E-state index in [4.69, 9.17) is 4.74 Å². The van der Waals surface area contributed by atoms with Gasteiger partial charge in [0.05, 0.1) is 5.60 Å². The Morgan fingerprint density at radius 1 is 1.53 bits per heavy atom. The van der Waals surface area contributed by atoms with Gasteiger partial charge in [-0.2, -0.15) is 0 Å². The maximum atomic E-state index is 6.02. The average Bonchev–Trinajstić information content (AvgIpc) is 2.84. The highest BCUT2D eigenvalue weighted by Crippen LogP contribution is 2.30. The topological polar surface area (TPSA) is 34.2 Å². The van der Waals surface area contributed by atoms with Gasteiger partial charge in [-0.15, -0.1) is 0 Å². The average molecular weight is 262 g/mol. The molecule has 1 aromatic rings. The Morgan fingerprint density at radius 3 is 3.00 bits per heavy atom. The van der Waals surface area contributed by atoms with Gasteiger partial charge in [-0.05, 0) is 51.3 Å². The largest absolute Gasteiger partial charge is 0.374 e. The molecule has 1 saturated heterocycles. The van der Waals surface area contributed by atoms with Crippen LogP contribution >= 0.6 is 0 Å². The van der Waals surface area contributed by atoms with Gasteiger partial charge in [-0.3, -0.25) is 4.98 Å². The maximum absolute atomic E-state index is 6.02. The lowest BCUT2D eigenvalue weighted by Gasteiger charge is -2.34. The molecule has 0 aromatic carbocycles. The Kier molecular flexibility index (Phi) is 4.94. The van der Waals surface area contributed by atoms with Crippen LogP contribution in [0.1, 0.15) is 44.4 Å². The summed E-state index contributed by atoms with van der Waals surface area (Å²) in [5.41, 5.74) is 2.42. The van der Waals surface area contributed by atoms with Crippen LogP contribution in [0.4, 0.5) is 0 Å². The highest BCUT2D eigenvalue weighted by atomic mass is 16.5. The molecule has 2 rings (SSSR count). The molecule has 1 aliphatic rings. The summed E-state index contributed by atoms with van der Waals surface area (Å²) in [6, 6.07) is 4.49. The van der Waals surface area contributed by atoms with Gasteiger partial charge in [0.1, 0.15) is 0 Å². The van der Waals surface area contributed by atoms with Crippen molar-refractivity contribution in [2.24, 2.45) is 0 Å². The zero-order valence-electron chi connectivity index (χ0n) is 12.4. The first-order chi connectivity index (χ1) is 9.15. The van der Waals surface area contributed by atoms with Gasteiger partial charge in [0.25, 0.3) is 0 Å². The van der Waals surface area contributed by atoms with Crippen molar-refractivity contribution in [3.63, 3.8) is 0 Å². The first-order valence-electron chi connectivity index (χ1n) is 7.43. The van der Waals surface area contributed by atoms with Gasteiger partial charge in [-0.1, -0.05) is 13.0 Å². The van der Waals surface area contributed by atoms with E-state index in [0.717, 1.165) is 32.4 Å². The molecule has 0 bridgehead atoms. The SMILES string of the molecule is CCCNC(Cc1ncccc1C)C1(C)CCCO1. The summed E-state index contributed by atoms with van der Waals surface area (Å²) in [5.74, 6) is 0. The minimum Gasteiger partial charge on any atom is -0.374 e. The van der Waals surface area contributed by atoms with Crippen LogP contribution in [-0.2, 0) is 11.2 Å². The standard InChI is InChI=1S/C16H26N2O/c1-4-9-18-15(16(3)8-6-11-19-16)12-14-13(2)7-5-10-17-14/h5,7,10,15,18H,4,6,8-9,11-12H2,1-3H3. The van der Waals surface area contributed by atoms with Crippen LogP contribution in [0.5, 0.6) is 0 Å². The lowest BCUT2D eigenvalue weighted by Crippen LogP contribution is -2.50. The van der Waals surface area contributed by atoms with Crippen molar-refractivity contribution in [1.29, 1.82) is 0 Å². The maximum Gasteiger partial charge on any atom is 0.0811 e. The van der Waals surface area contributed by atoms with Crippen LogP contribution in [0, 0.1) is 6.92 Å². The molecule has 0 amide bonds. The summed E-state index contributed by atoms with van der Waals surface area (Å²) in [7, 11) is 0. The summed E-state index contributed by atoms with van der Waals surface area (Å²) in [6.07, 6.45) is 6.29. The van der Waals surface area contributed by atoms with Crippen LogP contribution in [0.15, 0.2) is 18.3 Å². The Hall–Kier alpha value is -0.930. The zero-order valence-corrected chi connectivity index (χ0v) is 12.4. The summed E-state index contributed by atoms with van der Waals surface area (Å²) in [5, 5.41) is 3.66. The summed E-state index contributed by atoms with van der Waals surface area (Å²) < 4.78 is 6.02. The van der Waals surface area contributed by atoms with Gasteiger partial charge < -0.3 is 10.1 Å². The second kappa shape index (κ2) is 6.49. The predicted octanol–water partition coefficient (Wildman–Crippen LogP) is 2.87. The van der Waals surface area contributed by atoms with Gasteiger partial charge in [0.2, 0.25) is 0 Å². The van der Waals surface area contributed by atoms with E-state index < -0.39 is 0 Å². The third-order valence-electron chi connectivity index (χ3n) is 4.14. The van der Waals surface area contributed by atoms with Crippen molar-refractivity contribution in [3.05, 3.63) is 29.6 Å². The lowest BCUT2D eigenvalue weighted by molar-refractivity contribution is -0.0117. The first-order valence-corrected chi connectivity index (χ1v) is 7.43. The monoisotopic (exact) mass is 262 g/mol. The molecular formula is C16H26N2O. The highest BCUT2D eigenvalue weighted by molar-refractivity contribution is 5.19. The quantitative estimate of drug-likeness (QED) is 0.856. The molecule has 1 fully saturated rings. The van der Waals surface area contributed by atoms with E-state index in [1.165, 1.54) is 17.7 Å². The van der Waals surface area contributed by atoms with Gasteiger partial charge in [-0.25, -0.2) is 0 Å². The number of hydrogen-bond donors (Lipinski definition) is 1. The summed E-state index contributed by atoms with van der Waals surface area (Å²) in [4.78, 5) is 4.53. The third-order valence-corrected chi connectivity index (χ3v) is 4.14. The molecule has 2 heterocycles. The van der Waals surface area contributed by atoms with Crippen LogP contribution in [0.25, 0.3) is 0 Å². The third kappa shape index (κ3) is 3.54. The smallest absolute Gasteiger partial charge is 0.0811 e. The van der Waals surface area contributed by atoms with Crippen LogP contribution in [0.2, 0.25) is 0 Å². The predicted molar refractivity (Wildman–Crippen MR) is 78.4 cm³/mol. The van der Waals surface area contributed by atoms with Crippen molar-refractivity contribution in [2.75, 3.05) is 13.2 Å². The number of aromatic nitrogens is 1. The molecule has 0 spiro atoms. The number of pyridine rings is 1. The number of aryl methyl sites for hydroxylation is 1.